The number of nitrogens with zero attached hydrogens (tertiary/aromatic N) is 1. The number of aryl methyl sites for hydroxylation is 1. The molecular formula is C13H12ClFN2O. The fourth-order valence-corrected chi connectivity index (χ4v) is 1.42. The van der Waals surface area contributed by atoms with Crippen molar-refractivity contribution in [1.29, 1.82) is 0 Å². The van der Waals surface area contributed by atoms with Gasteiger partial charge in [-0.1, -0.05) is 0 Å². The van der Waals surface area contributed by atoms with Crippen molar-refractivity contribution in [3.63, 3.8) is 0 Å². The molecule has 0 bridgehead atoms. The van der Waals surface area contributed by atoms with Gasteiger partial charge in [-0.15, -0.1) is 12.4 Å². The average Bonchev–Trinajstić information content (AvgIpc) is 2.35. The van der Waals surface area contributed by atoms with E-state index in [1.807, 2.05) is 0 Å². The third-order valence-electron chi connectivity index (χ3n) is 2.34. The van der Waals surface area contributed by atoms with Crippen LogP contribution in [0.1, 0.15) is 15.9 Å². The summed E-state index contributed by atoms with van der Waals surface area (Å²) >= 11 is 0. The zero-order valence-electron chi connectivity index (χ0n) is 9.68. The Balaban J connectivity index is 0.00000162. The molecule has 1 N–H and O–H groups in total. The second kappa shape index (κ2) is 6.12. The Morgan fingerprint density at radius 3 is 2.72 bits per heavy atom. The fourth-order valence-electron chi connectivity index (χ4n) is 1.42. The zero-order chi connectivity index (χ0) is 12.3. The number of aromatic nitrogens is 1. The molecule has 5 heteroatoms. The third-order valence-corrected chi connectivity index (χ3v) is 2.34. The van der Waals surface area contributed by atoms with Crippen LogP contribution in [0.5, 0.6) is 0 Å². The molecule has 0 atom stereocenters. The standard InChI is InChI=1S/C13H11FN2O.ClH/c1-9-7-11(4-5-12(9)14)16-13(17)10-3-2-6-15-8-10;/h2-8H,1H3,(H,16,17);1H. The van der Waals surface area contributed by atoms with Crippen LogP contribution < -0.4 is 5.32 Å². The number of carbonyl (C=O) groups excluding carboxylic acids is 1. The molecular weight excluding hydrogens is 255 g/mol. The van der Waals surface area contributed by atoms with Crippen molar-refractivity contribution >= 4 is 24.0 Å². The molecule has 1 amide bonds. The minimum Gasteiger partial charge on any atom is -0.322 e. The molecule has 94 valence electrons. The number of anilines is 1. The molecule has 0 saturated carbocycles. The summed E-state index contributed by atoms with van der Waals surface area (Å²) < 4.78 is 13.0. The number of nitrogens with one attached hydrogen (secondary N) is 1. The van der Waals surface area contributed by atoms with Crippen molar-refractivity contribution in [2.45, 2.75) is 6.92 Å². The third kappa shape index (κ3) is 3.28. The number of carbonyl (C=O) groups is 1. The Labute approximate surface area is 110 Å². The summed E-state index contributed by atoms with van der Waals surface area (Å²) in [5.74, 6) is -0.548. The number of hydrogen-bond acceptors (Lipinski definition) is 2. The van der Waals surface area contributed by atoms with E-state index >= 15 is 0 Å². The number of halogens is 2. The van der Waals surface area contributed by atoms with Crippen molar-refractivity contribution in [2.75, 3.05) is 5.32 Å². The normalized spacial score (nSPS) is 9.44. The minimum absolute atomic E-state index is 0. The molecule has 1 aromatic heterocycles. The van der Waals surface area contributed by atoms with E-state index in [9.17, 15) is 9.18 Å². The SMILES string of the molecule is Cc1cc(NC(=O)c2cccnc2)ccc1F.Cl. The van der Waals surface area contributed by atoms with Crippen LogP contribution in [0.25, 0.3) is 0 Å². The maximum atomic E-state index is 13.0. The van der Waals surface area contributed by atoms with Gasteiger partial charge in [-0.2, -0.15) is 0 Å². The van der Waals surface area contributed by atoms with E-state index in [1.165, 1.54) is 18.3 Å². The van der Waals surface area contributed by atoms with Crippen molar-refractivity contribution in [2.24, 2.45) is 0 Å². The lowest BCUT2D eigenvalue weighted by Gasteiger charge is -2.06. The molecule has 1 aromatic carbocycles. The predicted molar refractivity (Wildman–Crippen MR) is 70.6 cm³/mol. The summed E-state index contributed by atoms with van der Waals surface area (Å²) in [4.78, 5) is 15.6. The van der Waals surface area contributed by atoms with Crippen molar-refractivity contribution in [1.82, 2.24) is 4.98 Å². The second-order valence-electron chi connectivity index (χ2n) is 3.66. The summed E-state index contributed by atoms with van der Waals surface area (Å²) in [5, 5.41) is 2.68. The first-order chi connectivity index (χ1) is 8.16. The first-order valence-corrected chi connectivity index (χ1v) is 5.14. The summed E-state index contributed by atoms with van der Waals surface area (Å²) in [6.45, 7) is 1.65. The summed E-state index contributed by atoms with van der Waals surface area (Å²) in [5.41, 5.74) is 1.53. The number of hydrogen-bond donors (Lipinski definition) is 1. The molecule has 0 saturated heterocycles. The van der Waals surface area contributed by atoms with E-state index in [0.717, 1.165) is 0 Å². The van der Waals surface area contributed by atoms with Gasteiger partial charge >= 0.3 is 0 Å². The zero-order valence-corrected chi connectivity index (χ0v) is 10.5. The Morgan fingerprint density at radius 1 is 1.33 bits per heavy atom. The predicted octanol–water partition coefficient (Wildman–Crippen LogP) is 3.20. The monoisotopic (exact) mass is 266 g/mol. The molecule has 1 heterocycles. The Morgan fingerprint density at radius 2 is 2.11 bits per heavy atom. The van der Waals surface area contributed by atoms with E-state index < -0.39 is 0 Å². The van der Waals surface area contributed by atoms with Gasteiger partial charge in [-0.25, -0.2) is 4.39 Å². The van der Waals surface area contributed by atoms with Crippen LogP contribution in [0.4, 0.5) is 10.1 Å². The van der Waals surface area contributed by atoms with E-state index in [0.29, 0.717) is 16.8 Å². The summed E-state index contributed by atoms with van der Waals surface area (Å²) in [7, 11) is 0. The van der Waals surface area contributed by atoms with Gasteiger partial charge in [0.05, 0.1) is 5.56 Å². The van der Waals surface area contributed by atoms with Crippen molar-refractivity contribution in [3.05, 3.63) is 59.7 Å². The van der Waals surface area contributed by atoms with Crippen LogP contribution in [0, 0.1) is 12.7 Å². The van der Waals surface area contributed by atoms with E-state index in [2.05, 4.69) is 10.3 Å². The molecule has 0 radical (unpaired) electrons. The molecule has 0 spiro atoms. The highest BCUT2D eigenvalue weighted by molar-refractivity contribution is 6.04. The van der Waals surface area contributed by atoms with Crippen molar-refractivity contribution in [3.8, 4) is 0 Å². The van der Waals surface area contributed by atoms with Gasteiger partial charge in [0.25, 0.3) is 5.91 Å². The van der Waals surface area contributed by atoms with Gasteiger partial charge in [0.15, 0.2) is 0 Å². The van der Waals surface area contributed by atoms with Crippen LogP contribution in [0.15, 0.2) is 42.7 Å². The molecule has 2 rings (SSSR count). The van der Waals surface area contributed by atoms with Gasteiger partial charge in [0.1, 0.15) is 5.82 Å². The summed E-state index contributed by atoms with van der Waals surface area (Å²) in [6, 6.07) is 7.79. The van der Waals surface area contributed by atoms with Gasteiger partial charge < -0.3 is 5.32 Å². The first kappa shape index (κ1) is 14.1. The number of amides is 1. The summed E-state index contributed by atoms with van der Waals surface area (Å²) in [6.07, 6.45) is 3.07. The molecule has 0 aliphatic rings. The fraction of sp³-hybridized carbons (Fsp3) is 0.0769. The van der Waals surface area contributed by atoms with Crippen LogP contribution >= 0.6 is 12.4 Å². The van der Waals surface area contributed by atoms with Crippen LogP contribution in [0.3, 0.4) is 0 Å². The van der Waals surface area contributed by atoms with Crippen LogP contribution in [-0.4, -0.2) is 10.9 Å². The smallest absolute Gasteiger partial charge is 0.257 e. The molecule has 0 aliphatic heterocycles. The minimum atomic E-state index is -0.288. The van der Waals surface area contributed by atoms with Gasteiger partial charge in [-0.05, 0) is 42.8 Å². The van der Waals surface area contributed by atoms with Crippen LogP contribution in [0.2, 0.25) is 0 Å². The van der Waals surface area contributed by atoms with E-state index in [4.69, 9.17) is 0 Å². The second-order valence-corrected chi connectivity index (χ2v) is 3.66. The highest BCUT2D eigenvalue weighted by Gasteiger charge is 2.06. The lowest BCUT2D eigenvalue weighted by molar-refractivity contribution is 0.102. The quantitative estimate of drug-likeness (QED) is 0.907. The number of benzene rings is 1. The Kier molecular flexibility index (Phi) is 4.80. The Hall–Kier alpha value is -1.94. The van der Waals surface area contributed by atoms with Gasteiger partial charge in [-0.3, -0.25) is 9.78 Å². The molecule has 18 heavy (non-hydrogen) atoms. The van der Waals surface area contributed by atoms with Crippen molar-refractivity contribution < 1.29 is 9.18 Å². The van der Waals surface area contributed by atoms with Crippen LogP contribution in [-0.2, 0) is 0 Å². The first-order valence-electron chi connectivity index (χ1n) is 5.14. The topological polar surface area (TPSA) is 42.0 Å². The molecule has 2 aromatic rings. The molecule has 0 fully saturated rings. The Bertz CT molecular complexity index is 546. The molecule has 0 aliphatic carbocycles. The lowest BCUT2D eigenvalue weighted by Crippen LogP contribution is -2.12. The highest BCUT2D eigenvalue weighted by atomic mass is 35.5. The van der Waals surface area contributed by atoms with Gasteiger partial charge in [0.2, 0.25) is 0 Å². The van der Waals surface area contributed by atoms with E-state index in [-0.39, 0.29) is 24.1 Å². The number of pyridine rings is 1. The maximum absolute atomic E-state index is 13.0. The van der Waals surface area contributed by atoms with E-state index in [1.54, 1.807) is 31.3 Å². The molecule has 0 unspecified atom stereocenters. The average molecular weight is 267 g/mol. The van der Waals surface area contributed by atoms with Gasteiger partial charge in [0, 0.05) is 18.1 Å². The molecule has 3 nitrogen and oxygen atoms in total. The number of rotatable bonds is 2. The maximum Gasteiger partial charge on any atom is 0.257 e. The largest absolute Gasteiger partial charge is 0.322 e. The highest BCUT2D eigenvalue weighted by Crippen LogP contribution is 2.14. The lowest BCUT2D eigenvalue weighted by atomic mass is 10.2.